The fraction of sp³-hybridized carbons (Fsp3) is 0.273. The molecule has 0 saturated heterocycles. The number of amides is 1. The van der Waals surface area contributed by atoms with Gasteiger partial charge in [0.15, 0.2) is 0 Å². The van der Waals surface area contributed by atoms with Crippen LogP contribution in [0.5, 0.6) is 0 Å². The predicted octanol–water partition coefficient (Wildman–Crippen LogP) is 0.232. The van der Waals surface area contributed by atoms with Crippen molar-refractivity contribution in [3.8, 4) is 0 Å². The molecule has 1 aromatic carbocycles. The normalized spacial score (nSPS) is 10.6. The van der Waals surface area contributed by atoms with Crippen LogP contribution in [0.2, 0.25) is 0 Å². The first-order chi connectivity index (χ1) is 8.22. The van der Waals surface area contributed by atoms with E-state index in [9.17, 15) is 9.59 Å². The number of rotatable bonds is 4. The third kappa shape index (κ3) is 2.36. The van der Waals surface area contributed by atoms with Gasteiger partial charge < -0.3 is 20.0 Å². The molecule has 0 saturated carbocycles. The van der Waals surface area contributed by atoms with Crippen molar-refractivity contribution < 1.29 is 9.53 Å². The van der Waals surface area contributed by atoms with Gasteiger partial charge in [-0.3, -0.25) is 4.79 Å². The quantitative estimate of drug-likeness (QED) is 0.663. The van der Waals surface area contributed by atoms with Gasteiger partial charge in [0, 0.05) is 13.7 Å². The van der Waals surface area contributed by atoms with Crippen LogP contribution in [-0.2, 0) is 4.74 Å². The van der Waals surface area contributed by atoms with Gasteiger partial charge in [0.2, 0.25) is 0 Å². The summed E-state index contributed by atoms with van der Waals surface area (Å²) < 4.78 is 4.84. The molecular formula is C11H13N3O3. The summed E-state index contributed by atoms with van der Waals surface area (Å²) >= 11 is 0. The molecular weight excluding hydrogens is 222 g/mol. The molecule has 6 heteroatoms. The molecule has 2 aromatic rings. The molecule has 3 N–H and O–H groups in total. The van der Waals surface area contributed by atoms with E-state index in [1.54, 1.807) is 25.3 Å². The molecule has 0 aliphatic carbocycles. The van der Waals surface area contributed by atoms with E-state index in [1.165, 1.54) is 0 Å². The third-order valence-electron chi connectivity index (χ3n) is 2.39. The summed E-state index contributed by atoms with van der Waals surface area (Å²) in [5.74, 6) is -0.233. The van der Waals surface area contributed by atoms with Crippen molar-refractivity contribution in [3.05, 3.63) is 34.2 Å². The lowest BCUT2D eigenvalue weighted by Crippen LogP contribution is -2.27. The van der Waals surface area contributed by atoms with Crippen molar-refractivity contribution in [1.82, 2.24) is 15.3 Å². The molecule has 1 amide bonds. The van der Waals surface area contributed by atoms with E-state index in [2.05, 4.69) is 15.3 Å². The summed E-state index contributed by atoms with van der Waals surface area (Å²) in [5, 5.41) is 2.70. The number of nitrogens with one attached hydrogen (secondary N) is 3. The van der Waals surface area contributed by atoms with Crippen molar-refractivity contribution >= 4 is 16.9 Å². The number of fused-ring (bicyclic) bond motifs is 1. The minimum Gasteiger partial charge on any atom is -0.383 e. The number of ether oxygens (including phenoxy) is 1. The fourth-order valence-electron chi connectivity index (χ4n) is 1.61. The zero-order chi connectivity index (χ0) is 12.3. The third-order valence-corrected chi connectivity index (χ3v) is 2.39. The molecule has 0 aliphatic rings. The van der Waals surface area contributed by atoms with Crippen LogP contribution < -0.4 is 11.0 Å². The Kier molecular flexibility index (Phi) is 3.24. The molecule has 0 atom stereocenters. The van der Waals surface area contributed by atoms with Crippen LogP contribution in [0.4, 0.5) is 0 Å². The second kappa shape index (κ2) is 4.84. The molecule has 17 heavy (non-hydrogen) atoms. The van der Waals surface area contributed by atoms with Crippen molar-refractivity contribution in [2.45, 2.75) is 0 Å². The van der Waals surface area contributed by atoms with Crippen LogP contribution in [0.15, 0.2) is 23.0 Å². The fourth-order valence-corrected chi connectivity index (χ4v) is 1.61. The summed E-state index contributed by atoms with van der Waals surface area (Å²) in [7, 11) is 1.57. The van der Waals surface area contributed by atoms with Crippen LogP contribution in [0.25, 0.3) is 11.0 Å². The summed E-state index contributed by atoms with van der Waals surface area (Å²) in [6.45, 7) is 0.881. The van der Waals surface area contributed by atoms with Gasteiger partial charge in [0.1, 0.15) is 0 Å². The Labute approximate surface area is 97.0 Å². The molecule has 0 aliphatic heterocycles. The number of carbonyl (C=O) groups is 1. The number of aromatic nitrogens is 2. The summed E-state index contributed by atoms with van der Waals surface area (Å²) in [5.41, 5.74) is 1.26. The van der Waals surface area contributed by atoms with Crippen molar-refractivity contribution in [1.29, 1.82) is 0 Å². The molecule has 0 unspecified atom stereocenters. The number of aromatic amines is 2. The first-order valence-corrected chi connectivity index (χ1v) is 5.20. The maximum atomic E-state index is 11.8. The minimum absolute atomic E-state index is 0.233. The highest BCUT2D eigenvalue weighted by molar-refractivity contribution is 6.04. The Balaban J connectivity index is 2.28. The molecule has 0 radical (unpaired) electrons. The van der Waals surface area contributed by atoms with Crippen molar-refractivity contribution in [2.75, 3.05) is 20.3 Å². The van der Waals surface area contributed by atoms with E-state index >= 15 is 0 Å². The van der Waals surface area contributed by atoms with Crippen LogP contribution in [-0.4, -0.2) is 36.1 Å². The molecule has 0 spiro atoms. The van der Waals surface area contributed by atoms with Crippen LogP contribution in [0.1, 0.15) is 10.4 Å². The van der Waals surface area contributed by atoms with E-state index < -0.39 is 0 Å². The lowest BCUT2D eigenvalue weighted by Gasteiger charge is -2.04. The molecule has 1 heterocycles. The number of imidazole rings is 1. The molecule has 1 aromatic heterocycles. The highest BCUT2D eigenvalue weighted by Crippen LogP contribution is 2.12. The SMILES string of the molecule is COCCNC(=O)c1cccc2[nH]c(=O)[nH]c12. The summed E-state index contributed by atoms with van der Waals surface area (Å²) in [6.07, 6.45) is 0. The van der Waals surface area contributed by atoms with E-state index in [0.29, 0.717) is 29.7 Å². The maximum Gasteiger partial charge on any atom is 0.323 e. The first-order valence-electron chi connectivity index (χ1n) is 5.20. The van der Waals surface area contributed by atoms with Gasteiger partial charge in [0.05, 0.1) is 23.2 Å². The van der Waals surface area contributed by atoms with E-state index in [4.69, 9.17) is 4.74 Å². The Morgan fingerprint density at radius 2 is 2.24 bits per heavy atom. The highest BCUT2D eigenvalue weighted by Gasteiger charge is 2.11. The number of para-hydroxylation sites is 1. The first kappa shape index (κ1) is 11.4. The van der Waals surface area contributed by atoms with Crippen molar-refractivity contribution in [3.63, 3.8) is 0 Å². The summed E-state index contributed by atoms with van der Waals surface area (Å²) in [4.78, 5) is 28.2. The standard InChI is InChI=1S/C11H13N3O3/c1-17-6-5-12-10(15)7-3-2-4-8-9(7)14-11(16)13-8/h2-4H,5-6H2,1H3,(H,12,15)(H2,13,14,16). The van der Waals surface area contributed by atoms with E-state index in [0.717, 1.165) is 0 Å². The number of carbonyl (C=O) groups excluding carboxylic acids is 1. The largest absolute Gasteiger partial charge is 0.383 e. The van der Waals surface area contributed by atoms with Gasteiger partial charge in [-0.15, -0.1) is 0 Å². The number of hydrogen-bond donors (Lipinski definition) is 3. The maximum absolute atomic E-state index is 11.8. The number of hydrogen-bond acceptors (Lipinski definition) is 3. The molecule has 2 rings (SSSR count). The van der Waals surface area contributed by atoms with Gasteiger partial charge in [-0.05, 0) is 12.1 Å². The molecule has 6 nitrogen and oxygen atoms in total. The number of methoxy groups -OCH3 is 1. The molecule has 90 valence electrons. The lowest BCUT2D eigenvalue weighted by atomic mass is 10.1. The van der Waals surface area contributed by atoms with Gasteiger partial charge in [-0.25, -0.2) is 4.79 Å². The zero-order valence-corrected chi connectivity index (χ0v) is 9.37. The second-order valence-corrected chi connectivity index (χ2v) is 3.56. The average Bonchev–Trinajstić information content (AvgIpc) is 2.69. The monoisotopic (exact) mass is 235 g/mol. The second-order valence-electron chi connectivity index (χ2n) is 3.56. The Hall–Kier alpha value is -2.08. The Bertz CT molecular complexity index is 585. The smallest absolute Gasteiger partial charge is 0.323 e. The lowest BCUT2D eigenvalue weighted by molar-refractivity contribution is 0.0938. The summed E-state index contributed by atoms with van der Waals surface area (Å²) in [6, 6.07) is 5.12. The average molecular weight is 235 g/mol. The molecule has 0 fully saturated rings. The van der Waals surface area contributed by atoms with Gasteiger partial charge in [0.25, 0.3) is 5.91 Å². The highest BCUT2D eigenvalue weighted by atomic mass is 16.5. The van der Waals surface area contributed by atoms with E-state index in [-0.39, 0.29) is 11.6 Å². The Morgan fingerprint density at radius 3 is 3.00 bits per heavy atom. The number of benzene rings is 1. The topological polar surface area (TPSA) is 87.0 Å². The van der Waals surface area contributed by atoms with Gasteiger partial charge >= 0.3 is 5.69 Å². The predicted molar refractivity (Wildman–Crippen MR) is 63.1 cm³/mol. The minimum atomic E-state index is -0.322. The zero-order valence-electron chi connectivity index (χ0n) is 9.37. The van der Waals surface area contributed by atoms with Gasteiger partial charge in [-0.2, -0.15) is 0 Å². The molecule has 0 bridgehead atoms. The Morgan fingerprint density at radius 1 is 1.41 bits per heavy atom. The van der Waals surface area contributed by atoms with Crippen LogP contribution in [0, 0.1) is 0 Å². The van der Waals surface area contributed by atoms with Crippen LogP contribution >= 0.6 is 0 Å². The number of H-pyrrole nitrogens is 2. The van der Waals surface area contributed by atoms with Gasteiger partial charge in [-0.1, -0.05) is 6.07 Å². The van der Waals surface area contributed by atoms with Crippen molar-refractivity contribution in [2.24, 2.45) is 0 Å². The van der Waals surface area contributed by atoms with Crippen LogP contribution in [0.3, 0.4) is 0 Å². The van der Waals surface area contributed by atoms with E-state index in [1.807, 2.05) is 0 Å².